The maximum absolute atomic E-state index is 11.8. The van der Waals surface area contributed by atoms with Crippen molar-refractivity contribution in [3.8, 4) is 0 Å². The highest BCUT2D eigenvalue weighted by molar-refractivity contribution is 5.82. The number of aliphatic carboxylic acids is 1. The number of rotatable bonds is 4. The Balaban J connectivity index is 2.44. The molecule has 1 fully saturated rings. The molecule has 0 aromatic carbocycles. The first kappa shape index (κ1) is 15.8. The van der Waals surface area contributed by atoms with Crippen LogP contribution in [0.5, 0.6) is 0 Å². The molecule has 0 aromatic rings. The van der Waals surface area contributed by atoms with Gasteiger partial charge in [0.05, 0.1) is 0 Å². The Bertz CT molecular complexity index is 333. The average molecular weight is 271 g/mol. The summed E-state index contributed by atoms with van der Waals surface area (Å²) in [4.78, 5) is 25.1. The van der Waals surface area contributed by atoms with Gasteiger partial charge in [-0.15, -0.1) is 0 Å². The number of likely N-dealkylation sites (tertiary alicyclic amines) is 1. The number of nitrogens with one attached hydrogen (secondary N) is 2. The zero-order valence-electron chi connectivity index (χ0n) is 12.1. The summed E-state index contributed by atoms with van der Waals surface area (Å²) in [5, 5.41) is 14.4. The fourth-order valence-corrected chi connectivity index (χ4v) is 2.30. The average Bonchev–Trinajstić information content (AvgIpc) is 2.30. The van der Waals surface area contributed by atoms with E-state index < -0.39 is 12.0 Å². The monoisotopic (exact) mass is 271 g/mol. The molecule has 0 aromatic heterocycles. The summed E-state index contributed by atoms with van der Waals surface area (Å²) < 4.78 is 0. The van der Waals surface area contributed by atoms with Crippen molar-refractivity contribution < 1.29 is 14.7 Å². The summed E-state index contributed by atoms with van der Waals surface area (Å²) in [5.74, 6) is -1.14. The highest BCUT2D eigenvalue weighted by Gasteiger charge is 2.27. The zero-order valence-corrected chi connectivity index (χ0v) is 12.1. The number of amides is 2. The second-order valence-corrected chi connectivity index (χ2v) is 5.73. The van der Waals surface area contributed by atoms with Gasteiger partial charge in [-0.25, -0.2) is 9.59 Å². The normalized spacial score (nSPS) is 25.9. The summed E-state index contributed by atoms with van der Waals surface area (Å²) in [7, 11) is 2.07. The van der Waals surface area contributed by atoms with Crippen LogP contribution in [0, 0.1) is 5.92 Å². The van der Waals surface area contributed by atoms with Gasteiger partial charge in [0.1, 0.15) is 6.04 Å². The second-order valence-electron chi connectivity index (χ2n) is 5.73. The first-order valence-corrected chi connectivity index (χ1v) is 6.81. The van der Waals surface area contributed by atoms with E-state index in [1.807, 2.05) is 0 Å². The molecule has 0 aliphatic carbocycles. The van der Waals surface area contributed by atoms with Crippen molar-refractivity contribution in [2.45, 2.75) is 51.7 Å². The maximum Gasteiger partial charge on any atom is 0.326 e. The summed E-state index contributed by atoms with van der Waals surface area (Å²) in [6.45, 7) is 6.62. The van der Waals surface area contributed by atoms with E-state index in [0.29, 0.717) is 6.04 Å². The fraction of sp³-hybridized carbons (Fsp3) is 0.846. The highest BCUT2D eigenvalue weighted by Crippen LogP contribution is 2.15. The lowest BCUT2D eigenvalue weighted by Gasteiger charge is -2.35. The van der Waals surface area contributed by atoms with Crippen LogP contribution in [-0.2, 0) is 4.79 Å². The smallest absolute Gasteiger partial charge is 0.326 e. The molecule has 6 heteroatoms. The number of carbonyl (C=O) groups excluding carboxylic acids is 1. The fourth-order valence-electron chi connectivity index (χ4n) is 2.30. The van der Waals surface area contributed by atoms with Crippen molar-refractivity contribution in [2.75, 3.05) is 13.6 Å². The van der Waals surface area contributed by atoms with Crippen LogP contribution in [0.25, 0.3) is 0 Å². The number of nitrogens with zero attached hydrogens (tertiary/aromatic N) is 1. The molecule has 0 radical (unpaired) electrons. The SMILES string of the molecule is CC(C)[C@H](NC(=O)NC1CCN(C)C(C)C1)C(=O)O. The molecule has 3 atom stereocenters. The third-order valence-corrected chi connectivity index (χ3v) is 3.76. The number of carbonyl (C=O) groups is 2. The molecule has 1 aliphatic heterocycles. The third-order valence-electron chi connectivity index (χ3n) is 3.76. The molecular weight excluding hydrogens is 246 g/mol. The largest absolute Gasteiger partial charge is 0.480 e. The van der Waals surface area contributed by atoms with Gasteiger partial charge in [-0.05, 0) is 32.7 Å². The molecule has 1 rings (SSSR count). The van der Waals surface area contributed by atoms with Crippen molar-refractivity contribution in [2.24, 2.45) is 5.92 Å². The number of piperidine rings is 1. The van der Waals surface area contributed by atoms with E-state index >= 15 is 0 Å². The number of urea groups is 1. The third kappa shape index (κ3) is 4.70. The Labute approximate surface area is 114 Å². The molecule has 1 heterocycles. The summed E-state index contributed by atoms with van der Waals surface area (Å²) in [6, 6.07) is -0.682. The maximum atomic E-state index is 11.8. The number of carboxylic acids is 1. The molecule has 1 aliphatic rings. The summed E-state index contributed by atoms with van der Waals surface area (Å²) in [5.41, 5.74) is 0. The molecule has 0 saturated carbocycles. The molecule has 0 bridgehead atoms. The van der Waals surface area contributed by atoms with Crippen LogP contribution in [0.15, 0.2) is 0 Å². The number of hydrogen-bond donors (Lipinski definition) is 3. The minimum Gasteiger partial charge on any atom is -0.480 e. The van der Waals surface area contributed by atoms with Crippen LogP contribution in [-0.4, -0.2) is 53.7 Å². The topological polar surface area (TPSA) is 81.7 Å². The van der Waals surface area contributed by atoms with Gasteiger partial charge in [-0.3, -0.25) is 0 Å². The van der Waals surface area contributed by atoms with E-state index in [0.717, 1.165) is 19.4 Å². The number of carboxylic acid groups (broad SMARTS) is 1. The van der Waals surface area contributed by atoms with Crippen LogP contribution in [0.1, 0.15) is 33.6 Å². The minimum absolute atomic E-state index is 0.118. The van der Waals surface area contributed by atoms with Gasteiger partial charge in [-0.1, -0.05) is 13.8 Å². The summed E-state index contributed by atoms with van der Waals surface area (Å²) in [6.07, 6.45) is 1.79. The Morgan fingerprint density at radius 1 is 1.37 bits per heavy atom. The highest BCUT2D eigenvalue weighted by atomic mass is 16.4. The zero-order chi connectivity index (χ0) is 14.6. The van der Waals surface area contributed by atoms with E-state index in [2.05, 4.69) is 29.5 Å². The van der Waals surface area contributed by atoms with Crippen LogP contribution in [0.4, 0.5) is 4.79 Å². The quantitative estimate of drug-likeness (QED) is 0.709. The Kier molecular flexibility index (Phi) is 5.60. The lowest BCUT2D eigenvalue weighted by Crippen LogP contribution is -2.54. The molecule has 2 unspecified atom stereocenters. The molecule has 3 N–H and O–H groups in total. The summed E-state index contributed by atoms with van der Waals surface area (Å²) >= 11 is 0. The Morgan fingerprint density at radius 3 is 2.47 bits per heavy atom. The second kappa shape index (κ2) is 6.75. The number of hydrogen-bond acceptors (Lipinski definition) is 3. The van der Waals surface area contributed by atoms with Crippen molar-refractivity contribution in [3.63, 3.8) is 0 Å². The lowest BCUT2D eigenvalue weighted by molar-refractivity contribution is -0.140. The molecule has 2 amide bonds. The van der Waals surface area contributed by atoms with Crippen molar-refractivity contribution >= 4 is 12.0 Å². The van der Waals surface area contributed by atoms with Crippen LogP contribution >= 0.6 is 0 Å². The van der Waals surface area contributed by atoms with Crippen LogP contribution < -0.4 is 10.6 Å². The molecule has 19 heavy (non-hydrogen) atoms. The van der Waals surface area contributed by atoms with E-state index in [4.69, 9.17) is 5.11 Å². The van der Waals surface area contributed by atoms with Crippen molar-refractivity contribution in [1.82, 2.24) is 15.5 Å². The first-order chi connectivity index (χ1) is 8.81. The van der Waals surface area contributed by atoms with Crippen molar-refractivity contribution in [3.05, 3.63) is 0 Å². The van der Waals surface area contributed by atoms with Gasteiger partial charge in [0.25, 0.3) is 0 Å². The van der Waals surface area contributed by atoms with Crippen molar-refractivity contribution in [1.29, 1.82) is 0 Å². The Morgan fingerprint density at radius 2 is 2.00 bits per heavy atom. The van der Waals surface area contributed by atoms with Gasteiger partial charge in [0.15, 0.2) is 0 Å². The molecular formula is C13H25N3O3. The van der Waals surface area contributed by atoms with Gasteiger partial charge in [0.2, 0.25) is 0 Å². The molecule has 110 valence electrons. The van der Waals surface area contributed by atoms with Crippen LogP contribution in [0.3, 0.4) is 0 Å². The molecule has 1 saturated heterocycles. The van der Waals surface area contributed by atoms with E-state index in [-0.39, 0.29) is 18.0 Å². The predicted molar refractivity (Wildman–Crippen MR) is 73.0 cm³/mol. The Hall–Kier alpha value is -1.30. The van der Waals surface area contributed by atoms with Gasteiger partial charge < -0.3 is 20.6 Å². The molecule has 0 spiro atoms. The van der Waals surface area contributed by atoms with E-state index in [1.165, 1.54) is 0 Å². The van der Waals surface area contributed by atoms with Gasteiger partial charge >= 0.3 is 12.0 Å². The predicted octanol–water partition coefficient (Wildman–Crippen LogP) is 0.877. The van der Waals surface area contributed by atoms with Crippen LogP contribution in [0.2, 0.25) is 0 Å². The van der Waals surface area contributed by atoms with Gasteiger partial charge in [0, 0.05) is 18.6 Å². The minimum atomic E-state index is -0.998. The van der Waals surface area contributed by atoms with E-state index in [9.17, 15) is 9.59 Å². The van der Waals surface area contributed by atoms with Gasteiger partial charge in [-0.2, -0.15) is 0 Å². The van der Waals surface area contributed by atoms with E-state index in [1.54, 1.807) is 13.8 Å². The first-order valence-electron chi connectivity index (χ1n) is 6.81. The standard InChI is InChI=1S/C13H25N3O3/c1-8(2)11(12(17)18)15-13(19)14-10-5-6-16(4)9(3)7-10/h8-11H,5-7H2,1-4H3,(H,17,18)(H2,14,15,19)/t9?,10?,11-/m0/s1. The lowest BCUT2D eigenvalue weighted by atomic mass is 9.99. The molecule has 6 nitrogen and oxygen atoms in total.